The molecule has 2 aliphatic carbocycles. The Morgan fingerprint density at radius 2 is 1.55 bits per heavy atom. The minimum atomic E-state index is 0.696. The molecule has 7 rings (SSSR count). The Hall–Kier alpha value is -3.90. The number of benzene rings is 3. The van der Waals surface area contributed by atoms with Crippen molar-refractivity contribution in [1.82, 2.24) is 0 Å². The Morgan fingerprint density at radius 3 is 2.32 bits per heavy atom. The molecular formula is C35H33N2O+. The lowest BCUT2D eigenvalue weighted by molar-refractivity contribution is -0.660. The van der Waals surface area contributed by atoms with Crippen molar-refractivity contribution in [3.8, 4) is 28.5 Å². The fourth-order valence-electron chi connectivity index (χ4n) is 7.21. The first-order valence-electron chi connectivity index (χ1n) is 14.1. The number of rotatable bonds is 3. The zero-order valence-electron chi connectivity index (χ0n) is 22.3. The lowest BCUT2D eigenvalue weighted by Gasteiger charge is -2.26. The first-order valence-corrected chi connectivity index (χ1v) is 14.1. The van der Waals surface area contributed by atoms with Gasteiger partial charge in [-0.3, -0.25) is 0 Å². The summed E-state index contributed by atoms with van der Waals surface area (Å²) in [6, 6.07) is 21.9. The highest BCUT2D eigenvalue weighted by Crippen LogP contribution is 2.46. The minimum absolute atomic E-state index is 0.696. The van der Waals surface area contributed by atoms with Crippen LogP contribution in [-0.2, 0) is 19.9 Å². The highest BCUT2D eigenvalue weighted by atomic mass is 16.3. The van der Waals surface area contributed by atoms with Crippen LogP contribution in [0.25, 0.3) is 44.3 Å². The van der Waals surface area contributed by atoms with Crippen molar-refractivity contribution in [3.63, 3.8) is 0 Å². The third-order valence-electron chi connectivity index (χ3n) is 9.08. The molecule has 2 heterocycles. The number of hydrogen-bond donors (Lipinski definition) is 0. The molecule has 3 heteroatoms. The average Bonchev–Trinajstić information content (AvgIpc) is 3.61. The molecule has 5 aromatic rings. The van der Waals surface area contributed by atoms with Crippen LogP contribution in [0, 0.1) is 18.3 Å². The van der Waals surface area contributed by atoms with E-state index in [2.05, 4.69) is 73.3 Å². The lowest BCUT2D eigenvalue weighted by atomic mass is 9.79. The second-order valence-electron chi connectivity index (χ2n) is 11.3. The molecule has 0 amide bonds. The summed E-state index contributed by atoms with van der Waals surface area (Å²) in [5.41, 5.74) is 12.6. The fourth-order valence-corrected chi connectivity index (χ4v) is 7.21. The number of nitrogens with zero attached hydrogens (tertiary/aromatic N) is 2. The summed E-state index contributed by atoms with van der Waals surface area (Å²) >= 11 is 0. The van der Waals surface area contributed by atoms with Crippen molar-refractivity contribution in [1.29, 1.82) is 5.26 Å². The number of aryl methyl sites for hydroxylation is 2. The molecule has 188 valence electrons. The minimum Gasteiger partial charge on any atom is -0.454 e. The molecule has 2 aromatic heterocycles. The highest BCUT2D eigenvalue weighted by molar-refractivity contribution is 6.14. The summed E-state index contributed by atoms with van der Waals surface area (Å²) < 4.78 is 9.01. The number of pyridine rings is 1. The van der Waals surface area contributed by atoms with Crippen LogP contribution in [0.3, 0.4) is 0 Å². The Labute approximate surface area is 224 Å². The second-order valence-corrected chi connectivity index (χ2v) is 11.3. The van der Waals surface area contributed by atoms with Gasteiger partial charge in [-0.1, -0.05) is 37.1 Å². The Balaban J connectivity index is 1.53. The van der Waals surface area contributed by atoms with E-state index in [9.17, 15) is 5.26 Å². The van der Waals surface area contributed by atoms with Gasteiger partial charge in [-0.25, -0.2) is 4.57 Å². The zero-order valence-corrected chi connectivity index (χ0v) is 22.3. The SMILES string of the molecule is Cc1ccc2c(oc3c(-c4ccc(C5CCCC5)c5c4CCCC5)c(C#N)ccc32)c1-c1cccc[n+]1C. The maximum absolute atomic E-state index is 10.3. The van der Waals surface area contributed by atoms with Gasteiger partial charge < -0.3 is 4.42 Å². The zero-order chi connectivity index (χ0) is 25.8. The molecule has 1 saturated carbocycles. The van der Waals surface area contributed by atoms with Gasteiger partial charge in [0.05, 0.1) is 17.2 Å². The molecule has 0 unspecified atom stereocenters. The first kappa shape index (κ1) is 23.2. The number of furan rings is 1. The molecule has 0 bridgehead atoms. The Kier molecular flexibility index (Phi) is 5.59. The largest absolute Gasteiger partial charge is 0.454 e. The van der Waals surface area contributed by atoms with Crippen molar-refractivity contribution in [2.45, 2.75) is 64.2 Å². The Bertz CT molecular complexity index is 1760. The fraction of sp³-hybridized carbons (Fsp3) is 0.314. The normalized spacial score (nSPS) is 15.7. The van der Waals surface area contributed by atoms with Crippen LogP contribution < -0.4 is 4.57 Å². The van der Waals surface area contributed by atoms with Crippen LogP contribution in [0.1, 0.15) is 72.3 Å². The number of hydrogen-bond acceptors (Lipinski definition) is 2. The van der Waals surface area contributed by atoms with Crippen LogP contribution in [0.2, 0.25) is 0 Å². The van der Waals surface area contributed by atoms with Crippen LogP contribution in [0.4, 0.5) is 0 Å². The summed E-state index contributed by atoms with van der Waals surface area (Å²) in [4.78, 5) is 0. The van der Waals surface area contributed by atoms with E-state index in [0.717, 1.165) is 51.6 Å². The van der Waals surface area contributed by atoms with Crippen LogP contribution in [-0.4, -0.2) is 0 Å². The van der Waals surface area contributed by atoms with E-state index in [1.54, 1.807) is 11.1 Å². The van der Waals surface area contributed by atoms with E-state index >= 15 is 0 Å². The summed E-state index contributed by atoms with van der Waals surface area (Å²) in [5, 5.41) is 12.4. The summed E-state index contributed by atoms with van der Waals surface area (Å²) in [7, 11) is 2.08. The molecular weight excluding hydrogens is 464 g/mol. The van der Waals surface area contributed by atoms with Gasteiger partial charge in [0, 0.05) is 28.5 Å². The Morgan fingerprint density at radius 1 is 0.816 bits per heavy atom. The first-order chi connectivity index (χ1) is 18.7. The quantitative estimate of drug-likeness (QED) is 0.235. The summed E-state index contributed by atoms with van der Waals surface area (Å²) in [6.07, 6.45) is 12.1. The van der Waals surface area contributed by atoms with Crippen molar-refractivity contribution in [3.05, 3.63) is 88.6 Å². The van der Waals surface area contributed by atoms with Gasteiger partial charge in [0.2, 0.25) is 5.69 Å². The van der Waals surface area contributed by atoms with Gasteiger partial charge in [0.15, 0.2) is 6.20 Å². The molecule has 0 radical (unpaired) electrons. The van der Waals surface area contributed by atoms with E-state index in [-0.39, 0.29) is 0 Å². The second kappa shape index (κ2) is 9.14. The lowest BCUT2D eigenvalue weighted by Crippen LogP contribution is -2.30. The smallest absolute Gasteiger partial charge is 0.216 e. The van der Waals surface area contributed by atoms with E-state index in [0.29, 0.717) is 11.5 Å². The van der Waals surface area contributed by atoms with Gasteiger partial charge in [0.25, 0.3) is 0 Å². The third kappa shape index (κ3) is 3.51. The molecule has 0 N–H and O–H groups in total. The van der Waals surface area contributed by atoms with Crippen LogP contribution >= 0.6 is 0 Å². The predicted molar refractivity (Wildman–Crippen MR) is 153 cm³/mol. The molecule has 3 aromatic carbocycles. The number of aromatic nitrogens is 1. The topological polar surface area (TPSA) is 40.8 Å². The average molecular weight is 498 g/mol. The summed E-state index contributed by atoms with van der Waals surface area (Å²) in [5.74, 6) is 0.700. The van der Waals surface area contributed by atoms with Gasteiger partial charge in [-0.2, -0.15) is 5.26 Å². The number of fused-ring (bicyclic) bond motifs is 4. The molecule has 0 spiro atoms. The van der Waals surface area contributed by atoms with E-state index in [1.165, 1.54) is 55.2 Å². The van der Waals surface area contributed by atoms with E-state index in [4.69, 9.17) is 4.42 Å². The molecule has 1 fully saturated rings. The molecule has 3 nitrogen and oxygen atoms in total. The number of nitriles is 1. The third-order valence-corrected chi connectivity index (χ3v) is 9.08. The van der Waals surface area contributed by atoms with E-state index < -0.39 is 0 Å². The molecule has 2 aliphatic rings. The molecule has 0 aliphatic heterocycles. The maximum atomic E-state index is 10.3. The van der Waals surface area contributed by atoms with Gasteiger partial charge in [-0.05, 0) is 97.4 Å². The molecule has 0 saturated heterocycles. The van der Waals surface area contributed by atoms with Crippen molar-refractivity contribution in [2.75, 3.05) is 0 Å². The van der Waals surface area contributed by atoms with Gasteiger partial charge >= 0.3 is 0 Å². The highest BCUT2D eigenvalue weighted by Gasteiger charge is 2.28. The monoisotopic (exact) mass is 497 g/mol. The van der Waals surface area contributed by atoms with Crippen molar-refractivity contribution in [2.24, 2.45) is 7.05 Å². The van der Waals surface area contributed by atoms with Gasteiger partial charge in [0.1, 0.15) is 18.2 Å². The molecule has 0 atom stereocenters. The standard InChI is InChI=1S/C35H33N2O/c1-22-14-16-29-30-17-15-24(21-36)33(35(30)38-34(29)32(22)31-13-7-8-20-37(31)2)28-19-18-25(23-9-3-4-10-23)26-11-5-6-12-27(26)28/h7-8,13-20,23H,3-6,9-12H2,1-2H3/q+1. The van der Waals surface area contributed by atoms with E-state index in [1.807, 2.05) is 12.1 Å². The van der Waals surface area contributed by atoms with Crippen LogP contribution in [0.5, 0.6) is 0 Å². The van der Waals surface area contributed by atoms with Crippen LogP contribution in [0.15, 0.2) is 65.2 Å². The maximum Gasteiger partial charge on any atom is 0.216 e. The summed E-state index contributed by atoms with van der Waals surface area (Å²) in [6.45, 7) is 2.15. The van der Waals surface area contributed by atoms with Gasteiger partial charge in [-0.15, -0.1) is 0 Å². The van der Waals surface area contributed by atoms with Crippen molar-refractivity contribution < 1.29 is 8.98 Å². The molecule has 38 heavy (non-hydrogen) atoms. The predicted octanol–water partition coefficient (Wildman–Crippen LogP) is 8.46. The van der Waals surface area contributed by atoms with Crippen molar-refractivity contribution >= 4 is 21.9 Å².